The van der Waals surface area contributed by atoms with Gasteiger partial charge in [0.25, 0.3) is 21.8 Å². The zero-order valence-electron chi connectivity index (χ0n) is 15.6. The molecule has 31 heavy (non-hydrogen) atoms. The predicted octanol–water partition coefficient (Wildman–Crippen LogP) is 3.51. The molecule has 1 aliphatic heterocycles. The summed E-state index contributed by atoms with van der Waals surface area (Å²) in [7, 11) is -4.07. The molecule has 0 aromatic heterocycles. The van der Waals surface area contributed by atoms with E-state index in [1.54, 1.807) is 24.3 Å². The fraction of sp³-hybridized carbons (Fsp3) is 0. The summed E-state index contributed by atoms with van der Waals surface area (Å²) < 4.78 is 27.7. The first-order valence-corrected chi connectivity index (χ1v) is 10.7. The number of anilines is 1. The second kappa shape index (κ2) is 7.86. The molecule has 0 aliphatic carbocycles. The first-order chi connectivity index (χ1) is 14.8. The molecule has 8 nitrogen and oxygen atoms in total. The minimum atomic E-state index is -4.07. The molecule has 0 saturated carbocycles. The Labute approximate surface area is 182 Å². The lowest BCUT2D eigenvalue weighted by Crippen LogP contribution is -2.32. The number of rotatable bonds is 5. The van der Waals surface area contributed by atoms with Gasteiger partial charge in [-0.1, -0.05) is 47.0 Å². The van der Waals surface area contributed by atoms with E-state index in [0.29, 0.717) is 5.06 Å². The summed E-state index contributed by atoms with van der Waals surface area (Å²) in [4.78, 5) is 42.0. The van der Waals surface area contributed by atoms with E-state index in [2.05, 4.69) is 4.72 Å². The minimum Gasteiger partial charge on any atom is -0.324 e. The zero-order chi connectivity index (χ0) is 22.2. The highest BCUT2D eigenvalue weighted by Crippen LogP contribution is 2.26. The highest BCUT2D eigenvalue weighted by atomic mass is 35.5. The number of hydroxylamine groups is 2. The normalized spacial score (nSPS) is 13.1. The minimum absolute atomic E-state index is 0.112. The third kappa shape index (κ3) is 3.88. The first-order valence-electron chi connectivity index (χ1n) is 8.85. The second-order valence-electron chi connectivity index (χ2n) is 6.44. The molecule has 156 valence electrons. The molecule has 1 heterocycles. The van der Waals surface area contributed by atoms with Crippen molar-refractivity contribution in [2.24, 2.45) is 0 Å². The molecule has 4 rings (SSSR count). The van der Waals surface area contributed by atoms with Crippen LogP contribution < -0.4 is 4.72 Å². The number of nitrogens with one attached hydrogen (secondary N) is 1. The average molecular weight is 457 g/mol. The lowest BCUT2D eigenvalue weighted by atomic mass is 10.1. The summed E-state index contributed by atoms with van der Waals surface area (Å²) in [6, 6.07) is 17.3. The zero-order valence-corrected chi connectivity index (χ0v) is 17.2. The SMILES string of the molecule is O=C(ON1C(=O)c2ccccc2C1=O)c1cccc(S(=O)(=O)Nc2ccccc2Cl)c1. The third-order valence-electron chi connectivity index (χ3n) is 4.43. The van der Waals surface area contributed by atoms with Gasteiger partial charge in [-0.3, -0.25) is 14.3 Å². The summed E-state index contributed by atoms with van der Waals surface area (Å²) >= 11 is 5.99. The lowest BCUT2D eigenvalue weighted by Gasteiger charge is -2.13. The van der Waals surface area contributed by atoms with E-state index in [1.165, 1.54) is 42.5 Å². The number of nitrogens with zero attached hydrogens (tertiary/aromatic N) is 1. The maximum Gasteiger partial charge on any atom is 0.363 e. The van der Waals surface area contributed by atoms with Gasteiger partial charge in [0.15, 0.2) is 0 Å². The molecule has 0 bridgehead atoms. The number of hydrogen-bond donors (Lipinski definition) is 1. The predicted molar refractivity (Wildman–Crippen MR) is 111 cm³/mol. The van der Waals surface area contributed by atoms with Crippen molar-refractivity contribution in [2.75, 3.05) is 4.72 Å². The topological polar surface area (TPSA) is 110 Å². The van der Waals surface area contributed by atoms with Crippen LogP contribution in [-0.2, 0) is 14.9 Å². The van der Waals surface area contributed by atoms with Crippen molar-refractivity contribution in [2.45, 2.75) is 4.90 Å². The standard InChI is InChI=1S/C21H13ClN2O6S/c22-17-10-3-4-11-18(17)23-31(28,29)14-7-5-6-13(12-14)21(27)30-24-19(25)15-8-1-2-9-16(15)20(24)26/h1-12,23H. The average Bonchev–Trinajstić information content (AvgIpc) is 3.00. The van der Waals surface area contributed by atoms with Gasteiger partial charge in [0.1, 0.15) is 0 Å². The number of para-hydroxylation sites is 1. The van der Waals surface area contributed by atoms with Gasteiger partial charge in [0, 0.05) is 0 Å². The van der Waals surface area contributed by atoms with Crippen molar-refractivity contribution in [1.29, 1.82) is 0 Å². The lowest BCUT2D eigenvalue weighted by molar-refractivity contribution is -0.0584. The maximum atomic E-state index is 12.7. The largest absolute Gasteiger partial charge is 0.363 e. The molecule has 3 aromatic rings. The Morgan fingerprint density at radius 3 is 2.13 bits per heavy atom. The van der Waals surface area contributed by atoms with Crippen LogP contribution in [0.2, 0.25) is 5.02 Å². The monoisotopic (exact) mass is 456 g/mol. The number of sulfonamides is 1. The van der Waals surface area contributed by atoms with Crippen molar-refractivity contribution in [1.82, 2.24) is 5.06 Å². The van der Waals surface area contributed by atoms with Crippen molar-refractivity contribution in [3.05, 3.63) is 94.5 Å². The molecule has 1 N–H and O–H groups in total. The fourth-order valence-corrected chi connectivity index (χ4v) is 4.29. The van der Waals surface area contributed by atoms with Crippen LogP contribution in [0.1, 0.15) is 31.1 Å². The van der Waals surface area contributed by atoms with Crippen LogP contribution in [0, 0.1) is 0 Å². The van der Waals surface area contributed by atoms with E-state index in [0.717, 1.165) is 6.07 Å². The number of imide groups is 1. The number of halogens is 1. The molecule has 0 fully saturated rings. The van der Waals surface area contributed by atoms with Crippen molar-refractivity contribution in [3.8, 4) is 0 Å². The van der Waals surface area contributed by atoms with Gasteiger partial charge in [-0.25, -0.2) is 13.2 Å². The van der Waals surface area contributed by atoms with Gasteiger partial charge in [0.05, 0.1) is 32.3 Å². The van der Waals surface area contributed by atoms with E-state index < -0.39 is 27.8 Å². The number of hydrogen-bond acceptors (Lipinski definition) is 6. The van der Waals surface area contributed by atoms with E-state index in [9.17, 15) is 22.8 Å². The number of carbonyl (C=O) groups is 3. The molecule has 0 spiro atoms. The molecule has 1 aliphatic rings. The number of amides is 2. The molecular weight excluding hydrogens is 444 g/mol. The smallest absolute Gasteiger partial charge is 0.324 e. The molecule has 0 atom stereocenters. The molecule has 3 aromatic carbocycles. The van der Waals surface area contributed by atoms with Crippen LogP contribution in [0.3, 0.4) is 0 Å². The Kier molecular flexibility index (Phi) is 5.22. The molecule has 0 unspecified atom stereocenters. The van der Waals surface area contributed by atoms with Gasteiger partial charge < -0.3 is 4.84 Å². The van der Waals surface area contributed by atoms with E-state index in [-0.39, 0.29) is 32.3 Å². The van der Waals surface area contributed by atoms with E-state index in [1.807, 2.05) is 0 Å². The van der Waals surface area contributed by atoms with Gasteiger partial charge in [-0.05, 0) is 42.5 Å². The van der Waals surface area contributed by atoms with Gasteiger partial charge >= 0.3 is 5.97 Å². The summed E-state index contributed by atoms with van der Waals surface area (Å²) in [6.07, 6.45) is 0. The van der Waals surface area contributed by atoms with Crippen LogP contribution in [0.15, 0.2) is 77.7 Å². The van der Waals surface area contributed by atoms with Crippen LogP contribution >= 0.6 is 11.6 Å². The Morgan fingerprint density at radius 1 is 0.871 bits per heavy atom. The van der Waals surface area contributed by atoms with Crippen LogP contribution in [0.4, 0.5) is 5.69 Å². The highest BCUT2D eigenvalue weighted by molar-refractivity contribution is 7.92. The highest BCUT2D eigenvalue weighted by Gasteiger charge is 2.38. The van der Waals surface area contributed by atoms with Gasteiger partial charge in [-0.15, -0.1) is 0 Å². The summed E-state index contributed by atoms with van der Waals surface area (Å²) in [5, 5.41) is 0.558. The summed E-state index contributed by atoms with van der Waals surface area (Å²) in [6.45, 7) is 0. The number of benzene rings is 3. The number of fused-ring (bicyclic) bond motifs is 1. The fourth-order valence-electron chi connectivity index (χ4n) is 2.92. The Hall–Kier alpha value is -3.69. The summed E-state index contributed by atoms with van der Waals surface area (Å²) in [5.74, 6) is -2.62. The Morgan fingerprint density at radius 2 is 1.48 bits per heavy atom. The summed E-state index contributed by atoms with van der Waals surface area (Å²) in [5.41, 5.74) is 0.225. The first kappa shape index (κ1) is 20.6. The maximum absolute atomic E-state index is 12.7. The molecule has 0 saturated heterocycles. The molecule has 10 heteroatoms. The van der Waals surface area contributed by atoms with Crippen LogP contribution in [-0.4, -0.2) is 31.3 Å². The quantitative estimate of drug-likeness (QED) is 0.588. The molecule has 0 radical (unpaired) electrons. The van der Waals surface area contributed by atoms with Gasteiger partial charge in [0.2, 0.25) is 0 Å². The molecular formula is C21H13ClN2O6S. The number of carbonyl (C=O) groups excluding carboxylic acids is 3. The van der Waals surface area contributed by atoms with Crippen molar-refractivity contribution < 1.29 is 27.6 Å². The Bertz CT molecular complexity index is 1300. The van der Waals surface area contributed by atoms with Crippen LogP contribution in [0.25, 0.3) is 0 Å². The van der Waals surface area contributed by atoms with Crippen molar-refractivity contribution in [3.63, 3.8) is 0 Å². The van der Waals surface area contributed by atoms with E-state index >= 15 is 0 Å². The van der Waals surface area contributed by atoms with E-state index in [4.69, 9.17) is 16.4 Å². The third-order valence-corrected chi connectivity index (χ3v) is 6.12. The second-order valence-corrected chi connectivity index (χ2v) is 8.53. The molecule has 2 amide bonds. The Balaban J connectivity index is 1.56. The van der Waals surface area contributed by atoms with Crippen LogP contribution in [0.5, 0.6) is 0 Å². The van der Waals surface area contributed by atoms with Gasteiger partial charge in [-0.2, -0.15) is 0 Å². The van der Waals surface area contributed by atoms with Crippen molar-refractivity contribution >= 4 is 45.1 Å².